The van der Waals surface area contributed by atoms with Gasteiger partial charge in [-0.15, -0.1) is 0 Å². The van der Waals surface area contributed by atoms with E-state index >= 15 is 0 Å². The molecule has 0 saturated carbocycles. The molecule has 0 radical (unpaired) electrons. The summed E-state index contributed by atoms with van der Waals surface area (Å²) in [5.74, 6) is -1.12. The first-order chi connectivity index (χ1) is 15.2. The smallest absolute Gasteiger partial charge is 0.337 e. The van der Waals surface area contributed by atoms with Gasteiger partial charge >= 0.3 is 5.97 Å². The molecule has 0 fully saturated rings. The number of benzene rings is 3. The second-order valence-corrected chi connectivity index (χ2v) is 9.30. The Hall–Kier alpha value is -3.07. The first-order valence-corrected chi connectivity index (χ1v) is 11.4. The molecular formula is C22H18Cl2N2O5S. The van der Waals surface area contributed by atoms with E-state index in [1.165, 1.54) is 61.7 Å². The first kappa shape index (κ1) is 23.6. The van der Waals surface area contributed by atoms with Crippen LogP contribution in [0.25, 0.3) is 0 Å². The van der Waals surface area contributed by atoms with Gasteiger partial charge in [0.15, 0.2) is 0 Å². The van der Waals surface area contributed by atoms with Gasteiger partial charge in [-0.05, 0) is 54.6 Å². The summed E-state index contributed by atoms with van der Waals surface area (Å²) in [4.78, 5) is 24.3. The van der Waals surface area contributed by atoms with Crippen molar-refractivity contribution in [1.29, 1.82) is 0 Å². The number of nitrogens with zero attached hydrogens (tertiary/aromatic N) is 1. The Balaban J connectivity index is 1.90. The van der Waals surface area contributed by atoms with Gasteiger partial charge in [0.1, 0.15) is 6.54 Å². The van der Waals surface area contributed by atoms with Crippen LogP contribution >= 0.6 is 23.2 Å². The molecule has 0 spiro atoms. The number of amides is 1. The molecule has 0 aliphatic carbocycles. The number of methoxy groups -OCH3 is 1. The number of carbonyl (C=O) groups excluding carboxylic acids is 2. The monoisotopic (exact) mass is 492 g/mol. The minimum absolute atomic E-state index is 0.00586. The van der Waals surface area contributed by atoms with Crippen LogP contribution < -0.4 is 9.62 Å². The zero-order valence-corrected chi connectivity index (χ0v) is 19.1. The molecule has 166 valence electrons. The molecule has 32 heavy (non-hydrogen) atoms. The fourth-order valence-electron chi connectivity index (χ4n) is 2.86. The van der Waals surface area contributed by atoms with Gasteiger partial charge in [-0.1, -0.05) is 41.4 Å². The van der Waals surface area contributed by atoms with Crippen LogP contribution in [0.3, 0.4) is 0 Å². The molecule has 0 unspecified atom stereocenters. The molecular weight excluding hydrogens is 475 g/mol. The molecule has 3 rings (SSSR count). The molecule has 0 aliphatic rings. The van der Waals surface area contributed by atoms with Gasteiger partial charge in [0.25, 0.3) is 10.0 Å². The summed E-state index contributed by atoms with van der Waals surface area (Å²) < 4.78 is 32.2. The van der Waals surface area contributed by atoms with Crippen molar-refractivity contribution in [3.63, 3.8) is 0 Å². The Morgan fingerprint density at radius 3 is 2.09 bits per heavy atom. The van der Waals surface area contributed by atoms with E-state index in [-0.39, 0.29) is 20.6 Å². The van der Waals surface area contributed by atoms with E-state index in [4.69, 9.17) is 23.2 Å². The quantitative estimate of drug-likeness (QED) is 0.485. The number of ether oxygens (including phenoxy) is 1. The zero-order chi connectivity index (χ0) is 23.3. The van der Waals surface area contributed by atoms with Gasteiger partial charge < -0.3 is 10.1 Å². The molecule has 0 aromatic heterocycles. The Kier molecular flexibility index (Phi) is 7.40. The topological polar surface area (TPSA) is 92.8 Å². The number of nitrogens with one attached hydrogen (secondary N) is 1. The van der Waals surface area contributed by atoms with Gasteiger partial charge in [0, 0.05) is 15.7 Å². The van der Waals surface area contributed by atoms with Crippen molar-refractivity contribution in [1.82, 2.24) is 0 Å². The highest BCUT2D eigenvalue weighted by molar-refractivity contribution is 7.92. The fourth-order valence-corrected chi connectivity index (χ4v) is 4.80. The highest BCUT2D eigenvalue weighted by atomic mass is 35.5. The Bertz CT molecular complexity index is 1210. The zero-order valence-electron chi connectivity index (χ0n) is 16.8. The predicted molar refractivity (Wildman–Crippen MR) is 124 cm³/mol. The molecule has 0 saturated heterocycles. The first-order valence-electron chi connectivity index (χ1n) is 9.23. The summed E-state index contributed by atoms with van der Waals surface area (Å²) in [7, 11) is -2.84. The average Bonchev–Trinajstić information content (AvgIpc) is 2.77. The number of rotatable bonds is 7. The molecule has 7 nitrogen and oxygen atoms in total. The van der Waals surface area contributed by atoms with Crippen LogP contribution in [-0.2, 0) is 19.6 Å². The maximum Gasteiger partial charge on any atom is 0.337 e. The van der Waals surface area contributed by atoms with Crippen molar-refractivity contribution in [2.45, 2.75) is 4.90 Å². The van der Waals surface area contributed by atoms with Crippen LogP contribution in [0.15, 0.2) is 77.7 Å². The second kappa shape index (κ2) is 10.0. The Morgan fingerprint density at radius 2 is 1.53 bits per heavy atom. The standard InChI is InChI=1S/C22H18Cl2N2O5S/c1-31-22(28)15-7-9-18(10-8-15)25-21(27)14-26(19-12-16(23)11-17(24)13-19)32(29,30)20-5-3-2-4-6-20/h2-13H,14H2,1H3,(H,25,27). The van der Waals surface area contributed by atoms with Crippen LogP contribution in [0, 0.1) is 0 Å². The fraction of sp³-hybridized carbons (Fsp3) is 0.0909. The average molecular weight is 493 g/mol. The van der Waals surface area contributed by atoms with E-state index in [1.54, 1.807) is 18.2 Å². The van der Waals surface area contributed by atoms with Crippen molar-refractivity contribution in [3.05, 3.63) is 88.4 Å². The minimum Gasteiger partial charge on any atom is -0.465 e. The molecule has 3 aromatic carbocycles. The Labute approximate surface area is 195 Å². The van der Waals surface area contributed by atoms with E-state index in [0.717, 1.165) is 4.31 Å². The maximum absolute atomic E-state index is 13.3. The number of hydrogen-bond donors (Lipinski definition) is 1. The molecule has 0 bridgehead atoms. The number of halogens is 2. The second-order valence-electron chi connectivity index (χ2n) is 6.57. The highest BCUT2D eigenvalue weighted by Gasteiger charge is 2.27. The largest absolute Gasteiger partial charge is 0.465 e. The predicted octanol–water partition coefficient (Wildman–Crippen LogP) is 4.61. The summed E-state index contributed by atoms with van der Waals surface area (Å²) in [6.45, 7) is -0.535. The third-order valence-electron chi connectivity index (χ3n) is 4.34. The van der Waals surface area contributed by atoms with E-state index in [9.17, 15) is 18.0 Å². The third kappa shape index (κ3) is 5.59. The van der Waals surface area contributed by atoms with E-state index in [1.807, 2.05) is 0 Å². The minimum atomic E-state index is -4.10. The van der Waals surface area contributed by atoms with Crippen molar-refractivity contribution in [3.8, 4) is 0 Å². The van der Waals surface area contributed by atoms with Crippen molar-refractivity contribution in [2.24, 2.45) is 0 Å². The van der Waals surface area contributed by atoms with Gasteiger partial charge in [0.2, 0.25) is 5.91 Å². The molecule has 0 heterocycles. The lowest BCUT2D eigenvalue weighted by Gasteiger charge is -2.24. The van der Waals surface area contributed by atoms with E-state index in [2.05, 4.69) is 10.1 Å². The summed E-state index contributed by atoms with van der Waals surface area (Å²) in [6.07, 6.45) is 0. The number of carbonyl (C=O) groups is 2. The van der Waals surface area contributed by atoms with E-state index in [0.29, 0.717) is 11.3 Å². The van der Waals surface area contributed by atoms with Gasteiger partial charge in [0.05, 0.1) is 23.3 Å². The molecule has 1 amide bonds. The van der Waals surface area contributed by atoms with Crippen molar-refractivity contribution >= 4 is 56.5 Å². The number of esters is 1. The van der Waals surface area contributed by atoms with E-state index < -0.39 is 28.4 Å². The molecule has 0 atom stereocenters. The summed E-state index contributed by atoms with van der Waals surface area (Å²) in [5, 5.41) is 3.06. The van der Waals surface area contributed by atoms with Crippen LogP contribution in [-0.4, -0.2) is 33.9 Å². The summed E-state index contributed by atoms with van der Waals surface area (Å²) >= 11 is 12.1. The normalized spacial score (nSPS) is 11.0. The third-order valence-corrected chi connectivity index (χ3v) is 6.57. The number of anilines is 2. The maximum atomic E-state index is 13.3. The number of sulfonamides is 1. The molecule has 0 aliphatic heterocycles. The van der Waals surface area contributed by atoms with Gasteiger partial charge in [-0.3, -0.25) is 9.10 Å². The Morgan fingerprint density at radius 1 is 0.938 bits per heavy atom. The summed E-state index contributed by atoms with van der Waals surface area (Å²) in [5.41, 5.74) is 0.832. The van der Waals surface area contributed by atoms with Crippen LogP contribution in [0.1, 0.15) is 10.4 Å². The molecule has 10 heteroatoms. The number of hydrogen-bond acceptors (Lipinski definition) is 5. The van der Waals surface area contributed by atoms with Gasteiger partial charge in [-0.2, -0.15) is 0 Å². The SMILES string of the molecule is COC(=O)c1ccc(NC(=O)CN(c2cc(Cl)cc(Cl)c2)S(=O)(=O)c2ccccc2)cc1. The lowest BCUT2D eigenvalue weighted by atomic mass is 10.2. The summed E-state index contributed by atoms with van der Waals surface area (Å²) in [6, 6.07) is 18.0. The van der Waals surface area contributed by atoms with Crippen LogP contribution in [0.2, 0.25) is 10.0 Å². The van der Waals surface area contributed by atoms with Gasteiger partial charge in [-0.25, -0.2) is 13.2 Å². The lowest BCUT2D eigenvalue weighted by molar-refractivity contribution is -0.114. The molecule has 3 aromatic rings. The van der Waals surface area contributed by atoms with Crippen molar-refractivity contribution in [2.75, 3.05) is 23.3 Å². The van der Waals surface area contributed by atoms with Crippen molar-refractivity contribution < 1.29 is 22.7 Å². The molecule has 1 N–H and O–H groups in total. The van der Waals surface area contributed by atoms with Crippen LogP contribution in [0.4, 0.5) is 11.4 Å². The van der Waals surface area contributed by atoms with Crippen LogP contribution in [0.5, 0.6) is 0 Å². The lowest BCUT2D eigenvalue weighted by Crippen LogP contribution is -2.38. The highest BCUT2D eigenvalue weighted by Crippen LogP contribution is 2.29.